The first-order valence-electron chi connectivity index (χ1n) is 5.77. The van der Waals surface area contributed by atoms with Crippen molar-refractivity contribution in [2.75, 3.05) is 25.2 Å². The van der Waals surface area contributed by atoms with E-state index in [1.807, 2.05) is 25.1 Å². The third kappa shape index (κ3) is 3.04. The molecule has 1 aromatic heterocycles. The first kappa shape index (κ1) is 12.9. The van der Waals surface area contributed by atoms with Crippen LogP contribution in [0.3, 0.4) is 0 Å². The van der Waals surface area contributed by atoms with Gasteiger partial charge in [-0.05, 0) is 24.6 Å². The van der Waals surface area contributed by atoms with E-state index >= 15 is 0 Å². The summed E-state index contributed by atoms with van der Waals surface area (Å²) in [5.41, 5.74) is 6.70. The van der Waals surface area contributed by atoms with Crippen molar-refractivity contribution in [1.29, 1.82) is 0 Å². The maximum Gasteiger partial charge on any atom is 0.226 e. The molecular formula is C13H16N4O2. The van der Waals surface area contributed by atoms with Crippen LogP contribution in [0.25, 0.3) is 0 Å². The Balaban J connectivity index is 2.33. The van der Waals surface area contributed by atoms with Crippen LogP contribution in [0, 0.1) is 6.92 Å². The molecule has 3 N–H and O–H groups in total. The molecule has 100 valence electrons. The molecule has 1 heterocycles. The third-order valence-corrected chi connectivity index (χ3v) is 2.51. The van der Waals surface area contributed by atoms with Crippen LogP contribution in [0.15, 0.2) is 24.3 Å². The number of ether oxygens (including phenoxy) is 2. The van der Waals surface area contributed by atoms with Crippen LogP contribution in [-0.4, -0.2) is 24.1 Å². The molecule has 0 amide bonds. The lowest BCUT2D eigenvalue weighted by Gasteiger charge is -2.11. The molecular weight excluding hydrogens is 244 g/mol. The average Bonchev–Trinajstić information content (AvgIpc) is 2.40. The van der Waals surface area contributed by atoms with Gasteiger partial charge in [-0.2, -0.15) is 9.97 Å². The molecule has 2 aromatic rings. The van der Waals surface area contributed by atoms with E-state index in [0.29, 0.717) is 23.2 Å². The highest BCUT2D eigenvalue weighted by atomic mass is 16.5. The summed E-state index contributed by atoms with van der Waals surface area (Å²) >= 11 is 0. The number of aromatic nitrogens is 2. The Hall–Kier alpha value is -2.50. The largest absolute Gasteiger partial charge is 0.493 e. The van der Waals surface area contributed by atoms with Gasteiger partial charge >= 0.3 is 0 Å². The Morgan fingerprint density at radius 3 is 2.63 bits per heavy atom. The number of nitrogens with one attached hydrogen (secondary N) is 1. The molecule has 0 saturated heterocycles. The number of aryl methyl sites for hydroxylation is 1. The second kappa shape index (κ2) is 5.43. The zero-order chi connectivity index (χ0) is 13.8. The van der Waals surface area contributed by atoms with E-state index in [9.17, 15) is 0 Å². The van der Waals surface area contributed by atoms with E-state index in [0.717, 1.165) is 5.56 Å². The molecule has 0 radical (unpaired) electrons. The van der Waals surface area contributed by atoms with Crippen molar-refractivity contribution in [1.82, 2.24) is 9.97 Å². The van der Waals surface area contributed by atoms with E-state index in [1.165, 1.54) is 0 Å². The summed E-state index contributed by atoms with van der Waals surface area (Å²) in [6.45, 7) is 1.98. The van der Waals surface area contributed by atoms with Crippen molar-refractivity contribution >= 4 is 11.8 Å². The number of rotatable bonds is 4. The number of nitrogens with zero attached hydrogens (tertiary/aromatic N) is 2. The summed E-state index contributed by atoms with van der Waals surface area (Å²) in [4.78, 5) is 8.02. The van der Waals surface area contributed by atoms with Crippen LogP contribution in [-0.2, 0) is 0 Å². The van der Waals surface area contributed by atoms with E-state index in [2.05, 4.69) is 15.3 Å². The highest BCUT2D eigenvalue weighted by molar-refractivity contribution is 5.47. The Morgan fingerprint density at radius 1 is 1.16 bits per heavy atom. The number of methoxy groups -OCH3 is 1. The summed E-state index contributed by atoms with van der Waals surface area (Å²) in [7, 11) is 3.34. The summed E-state index contributed by atoms with van der Waals surface area (Å²) in [5, 5.41) is 2.89. The summed E-state index contributed by atoms with van der Waals surface area (Å²) < 4.78 is 11.0. The van der Waals surface area contributed by atoms with Crippen LogP contribution in [0.2, 0.25) is 0 Å². The molecule has 0 aliphatic carbocycles. The fourth-order valence-corrected chi connectivity index (χ4v) is 1.59. The predicted octanol–water partition coefficient (Wildman–Crippen LogP) is 2.21. The lowest BCUT2D eigenvalue weighted by atomic mass is 10.2. The molecule has 1 aromatic carbocycles. The first-order chi connectivity index (χ1) is 9.12. The Labute approximate surface area is 111 Å². The molecule has 0 saturated carbocycles. The molecule has 2 rings (SSSR count). The topological polar surface area (TPSA) is 82.3 Å². The van der Waals surface area contributed by atoms with Crippen LogP contribution in [0.1, 0.15) is 5.56 Å². The molecule has 0 bridgehead atoms. The van der Waals surface area contributed by atoms with E-state index in [4.69, 9.17) is 15.2 Å². The lowest BCUT2D eigenvalue weighted by molar-refractivity contribution is 0.374. The molecule has 6 nitrogen and oxygen atoms in total. The van der Waals surface area contributed by atoms with Gasteiger partial charge in [0.15, 0.2) is 11.5 Å². The van der Waals surface area contributed by atoms with Crippen molar-refractivity contribution in [3.05, 3.63) is 29.8 Å². The standard InChI is InChI=1S/C13H16N4O2/c1-8-4-5-9(10(6-8)18-3)19-12-7-11(15-2)16-13(14)17-12/h4-7H,1-3H3,(H3,14,15,16,17). The molecule has 6 heteroatoms. The van der Waals surface area contributed by atoms with Crippen LogP contribution < -0.4 is 20.5 Å². The highest BCUT2D eigenvalue weighted by Gasteiger charge is 2.08. The summed E-state index contributed by atoms with van der Waals surface area (Å²) in [6.07, 6.45) is 0. The van der Waals surface area contributed by atoms with Crippen LogP contribution in [0.5, 0.6) is 17.4 Å². The molecule has 0 spiro atoms. The number of anilines is 2. The van der Waals surface area contributed by atoms with Gasteiger partial charge in [-0.1, -0.05) is 6.07 Å². The number of benzene rings is 1. The minimum atomic E-state index is 0.146. The Bertz CT molecular complexity index is 587. The number of hydrogen-bond acceptors (Lipinski definition) is 6. The van der Waals surface area contributed by atoms with Gasteiger partial charge in [0.1, 0.15) is 5.82 Å². The van der Waals surface area contributed by atoms with Crippen molar-refractivity contribution in [2.24, 2.45) is 0 Å². The highest BCUT2D eigenvalue weighted by Crippen LogP contribution is 2.32. The van der Waals surface area contributed by atoms with E-state index in [1.54, 1.807) is 20.2 Å². The van der Waals surface area contributed by atoms with Crippen molar-refractivity contribution in [3.8, 4) is 17.4 Å². The fraction of sp³-hybridized carbons (Fsp3) is 0.231. The molecule has 0 aliphatic heterocycles. The monoisotopic (exact) mass is 260 g/mol. The summed E-state index contributed by atoms with van der Waals surface area (Å²) in [5.74, 6) is 2.32. The maximum atomic E-state index is 5.68. The number of hydrogen-bond donors (Lipinski definition) is 2. The Kier molecular flexibility index (Phi) is 3.70. The smallest absolute Gasteiger partial charge is 0.226 e. The second-order valence-electron chi connectivity index (χ2n) is 3.96. The van der Waals surface area contributed by atoms with E-state index in [-0.39, 0.29) is 5.95 Å². The fourth-order valence-electron chi connectivity index (χ4n) is 1.59. The SMILES string of the molecule is CNc1cc(Oc2ccc(C)cc2OC)nc(N)n1. The average molecular weight is 260 g/mol. The van der Waals surface area contributed by atoms with Crippen LogP contribution in [0.4, 0.5) is 11.8 Å². The normalized spacial score (nSPS) is 10.1. The quantitative estimate of drug-likeness (QED) is 0.877. The maximum absolute atomic E-state index is 5.68. The van der Waals surface area contributed by atoms with Gasteiger partial charge < -0.3 is 20.5 Å². The molecule has 19 heavy (non-hydrogen) atoms. The number of nitrogens with two attached hydrogens (primary N) is 1. The van der Waals surface area contributed by atoms with Gasteiger partial charge in [0.25, 0.3) is 0 Å². The van der Waals surface area contributed by atoms with Crippen molar-refractivity contribution in [2.45, 2.75) is 6.92 Å². The van der Waals surface area contributed by atoms with Gasteiger partial charge in [-0.25, -0.2) is 0 Å². The molecule has 0 unspecified atom stereocenters. The second-order valence-corrected chi connectivity index (χ2v) is 3.96. The zero-order valence-corrected chi connectivity index (χ0v) is 11.1. The number of nitrogen functional groups attached to an aromatic ring is 1. The first-order valence-corrected chi connectivity index (χ1v) is 5.77. The van der Waals surface area contributed by atoms with Gasteiger partial charge in [0, 0.05) is 13.1 Å². The molecule has 0 fully saturated rings. The third-order valence-electron chi connectivity index (χ3n) is 2.51. The minimum Gasteiger partial charge on any atom is -0.493 e. The van der Waals surface area contributed by atoms with Crippen LogP contribution >= 0.6 is 0 Å². The predicted molar refractivity (Wildman–Crippen MR) is 73.8 cm³/mol. The summed E-state index contributed by atoms with van der Waals surface area (Å²) in [6, 6.07) is 7.31. The van der Waals surface area contributed by atoms with Gasteiger partial charge in [0.2, 0.25) is 11.8 Å². The zero-order valence-electron chi connectivity index (χ0n) is 11.1. The lowest BCUT2D eigenvalue weighted by Crippen LogP contribution is -2.01. The molecule has 0 aliphatic rings. The minimum absolute atomic E-state index is 0.146. The van der Waals surface area contributed by atoms with Gasteiger partial charge in [-0.15, -0.1) is 0 Å². The van der Waals surface area contributed by atoms with Gasteiger partial charge in [0.05, 0.1) is 7.11 Å². The Morgan fingerprint density at radius 2 is 1.95 bits per heavy atom. The van der Waals surface area contributed by atoms with Crippen molar-refractivity contribution < 1.29 is 9.47 Å². The van der Waals surface area contributed by atoms with E-state index < -0.39 is 0 Å². The molecule has 0 atom stereocenters. The van der Waals surface area contributed by atoms with Crippen molar-refractivity contribution in [3.63, 3.8) is 0 Å². The van der Waals surface area contributed by atoms with Gasteiger partial charge in [-0.3, -0.25) is 0 Å².